The first-order valence-electron chi connectivity index (χ1n) is 13.7. The van der Waals surface area contributed by atoms with Gasteiger partial charge in [-0.2, -0.15) is 29.8 Å². The van der Waals surface area contributed by atoms with Gasteiger partial charge < -0.3 is 0 Å². The molecule has 0 saturated carbocycles. The summed E-state index contributed by atoms with van der Waals surface area (Å²) >= 11 is 0. The van der Waals surface area contributed by atoms with Crippen molar-refractivity contribution in [3.63, 3.8) is 0 Å². The van der Waals surface area contributed by atoms with Gasteiger partial charge in [0.2, 0.25) is 0 Å². The average Bonchev–Trinajstić information content (AvgIpc) is 2.99. The van der Waals surface area contributed by atoms with Crippen LogP contribution in [0.2, 0.25) is 0 Å². The van der Waals surface area contributed by atoms with Crippen molar-refractivity contribution in [2.45, 2.75) is 0 Å². The molecule has 0 aliphatic heterocycles. The van der Waals surface area contributed by atoms with Crippen LogP contribution in [0.25, 0.3) is 86.5 Å². The van der Waals surface area contributed by atoms with Crippen molar-refractivity contribution in [3.05, 3.63) is 146 Å². The van der Waals surface area contributed by atoms with Crippen molar-refractivity contribution in [3.8, 4) is 11.1 Å². The Hall–Kier alpha value is -4.10. The van der Waals surface area contributed by atoms with E-state index in [1.54, 1.807) is 0 Å². The number of rotatable bonds is 1. The summed E-state index contributed by atoms with van der Waals surface area (Å²) in [7, 11) is 0. The first kappa shape index (κ1) is 24.7. The molecule has 0 amide bonds. The third-order valence-corrected chi connectivity index (χ3v) is 8.43. The predicted molar refractivity (Wildman–Crippen MR) is 172 cm³/mol. The summed E-state index contributed by atoms with van der Waals surface area (Å²) < 4.78 is 0. The zero-order valence-electron chi connectivity index (χ0n) is 22.3. The maximum atomic E-state index is 3.75. The van der Waals surface area contributed by atoms with Gasteiger partial charge in [-0.1, -0.05) is 83.6 Å². The summed E-state index contributed by atoms with van der Waals surface area (Å²) in [5.74, 6) is 0. The molecule has 0 saturated heterocycles. The number of fused-ring (bicyclic) bond motifs is 7. The van der Waals surface area contributed by atoms with Crippen LogP contribution >= 0.6 is 0 Å². The molecule has 0 aliphatic carbocycles. The zero-order valence-corrected chi connectivity index (χ0v) is 25.1. The monoisotopic (exact) mass is 591 g/mol. The number of benzene rings is 9. The average molecular weight is 592 g/mol. The number of hydrogen-bond acceptors (Lipinski definition) is 0. The SMILES string of the molecule is [Y].[c-]1ccc2cc3cc4ccccc4cc3cc2c1-c1[c-]c2cc3cc4cc5ccccc5cc4cc3cc2cc1. The van der Waals surface area contributed by atoms with E-state index in [2.05, 4.69) is 140 Å². The van der Waals surface area contributed by atoms with E-state index in [4.69, 9.17) is 0 Å². The van der Waals surface area contributed by atoms with E-state index in [9.17, 15) is 0 Å². The normalized spacial score (nSPS) is 11.7. The van der Waals surface area contributed by atoms with Gasteiger partial charge >= 0.3 is 0 Å². The molecule has 0 spiro atoms. The van der Waals surface area contributed by atoms with Crippen LogP contribution < -0.4 is 0 Å². The van der Waals surface area contributed by atoms with Gasteiger partial charge in [-0.05, 0) is 78.8 Å². The van der Waals surface area contributed by atoms with Gasteiger partial charge in [-0.25, -0.2) is 5.56 Å². The van der Waals surface area contributed by atoms with Gasteiger partial charge in [0, 0.05) is 32.7 Å². The summed E-state index contributed by atoms with van der Waals surface area (Å²) in [6, 6.07) is 56.1. The molecule has 1 radical (unpaired) electrons. The van der Waals surface area contributed by atoms with Gasteiger partial charge in [0.25, 0.3) is 0 Å². The Morgan fingerprint density at radius 2 is 0.829 bits per heavy atom. The summed E-state index contributed by atoms with van der Waals surface area (Å²) in [6.07, 6.45) is 0. The summed E-state index contributed by atoms with van der Waals surface area (Å²) in [5, 5.41) is 17.4. The topological polar surface area (TPSA) is 0 Å². The van der Waals surface area contributed by atoms with Crippen LogP contribution in [-0.4, -0.2) is 0 Å². The largest absolute Gasteiger partial charge is 0.202 e. The minimum atomic E-state index is 0. The van der Waals surface area contributed by atoms with Crippen LogP contribution in [0.3, 0.4) is 0 Å². The van der Waals surface area contributed by atoms with E-state index in [1.807, 2.05) is 6.07 Å². The third kappa shape index (κ3) is 4.05. The second kappa shape index (κ2) is 9.49. The van der Waals surface area contributed by atoms with Gasteiger partial charge in [0.1, 0.15) is 0 Å². The summed E-state index contributed by atoms with van der Waals surface area (Å²) in [6.45, 7) is 0. The molecule has 41 heavy (non-hydrogen) atoms. The second-order valence-electron chi connectivity index (χ2n) is 10.9. The van der Waals surface area contributed by atoms with Crippen LogP contribution in [0.5, 0.6) is 0 Å². The van der Waals surface area contributed by atoms with Crippen molar-refractivity contribution in [1.29, 1.82) is 0 Å². The maximum absolute atomic E-state index is 3.75. The van der Waals surface area contributed by atoms with Crippen LogP contribution in [0.1, 0.15) is 0 Å². The molecule has 0 heterocycles. The van der Waals surface area contributed by atoms with Gasteiger partial charge in [-0.3, -0.25) is 0 Å². The molecule has 1 heteroatoms. The quantitative estimate of drug-likeness (QED) is 0.132. The number of hydrogen-bond donors (Lipinski definition) is 0. The molecule has 0 fully saturated rings. The molecular formula is C40H22Y-2. The Morgan fingerprint density at radius 3 is 1.41 bits per heavy atom. The second-order valence-corrected chi connectivity index (χ2v) is 10.9. The van der Waals surface area contributed by atoms with Crippen molar-refractivity contribution in [1.82, 2.24) is 0 Å². The van der Waals surface area contributed by atoms with Gasteiger partial charge in [0.05, 0.1) is 0 Å². The molecule has 9 aromatic carbocycles. The Balaban J connectivity index is 0.00000256. The molecule has 0 atom stereocenters. The predicted octanol–water partition coefficient (Wildman–Crippen LogP) is 11.0. The third-order valence-electron chi connectivity index (χ3n) is 8.43. The minimum absolute atomic E-state index is 0. The Kier molecular flexibility index (Phi) is 5.71. The molecule has 0 N–H and O–H groups in total. The Labute approximate surface area is 263 Å². The van der Waals surface area contributed by atoms with Crippen molar-refractivity contribution in [2.75, 3.05) is 0 Å². The fourth-order valence-corrected chi connectivity index (χ4v) is 6.39. The maximum Gasteiger partial charge on any atom is 0 e. The van der Waals surface area contributed by atoms with Crippen LogP contribution in [0, 0.1) is 12.1 Å². The summed E-state index contributed by atoms with van der Waals surface area (Å²) in [5.41, 5.74) is 2.17. The van der Waals surface area contributed by atoms with E-state index >= 15 is 0 Å². The smallest absolute Gasteiger partial charge is 0 e. The Bertz CT molecular complexity index is 2490. The molecule has 9 rings (SSSR count). The molecular weight excluding hydrogens is 569 g/mol. The standard InChI is InChI=1S/C40H22.Y/c1-2-8-27-16-35-23-37-21-32-20-31(13-12-29(32)18-36(37)22-34(35)15-26(27)7-1)39-11-5-10-30-19-33-14-25-6-3-4-9-28(25)17-38(33)24-40(30)39;/h1-10,12-19,21-24H;/q-2;. The molecule has 0 aromatic heterocycles. The van der Waals surface area contributed by atoms with Crippen molar-refractivity contribution >= 4 is 75.4 Å². The van der Waals surface area contributed by atoms with E-state index in [0.29, 0.717) is 0 Å². The van der Waals surface area contributed by atoms with Crippen molar-refractivity contribution in [2.24, 2.45) is 0 Å². The van der Waals surface area contributed by atoms with E-state index in [0.717, 1.165) is 16.5 Å². The fraction of sp³-hybridized carbons (Fsp3) is 0. The van der Waals surface area contributed by atoms with Crippen LogP contribution in [-0.2, 0) is 32.7 Å². The summed E-state index contributed by atoms with van der Waals surface area (Å²) in [4.78, 5) is 0. The van der Waals surface area contributed by atoms with Gasteiger partial charge in [0.15, 0.2) is 0 Å². The van der Waals surface area contributed by atoms with E-state index < -0.39 is 0 Å². The molecule has 187 valence electrons. The van der Waals surface area contributed by atoms with E-state index in [1.165, 1.54) is 70.0 Å². The van der Waals surface area contributed by atoms with Crippen LogP contribution in [0.15, 0.2) is 133 Å². The van der Waals surface area contributed by atoms with Crippen LogP contribution in [0.4, 0.5) is 0 Å². The van der Waals surface area contributed by atoms with Crippen molar-refractivity contribution < 1.29 is 32.7 Å². The molecule has 0 bridgehead atoms. The van der Waals surface area contributed by atoms with E-state index in [-0.39, 0.29) is 32.7 Å². The molecule has 9 aromatic rings. The fourth-order valence-electron chi connectivity index (χ4n) is 6.39. The first-order valence-corrected chi connectivity index (χ1v) is 13.7. The first-order chi connectivity index (χ1) is 19.7. The Morgan fingerprint density at radius 1 is 0.366 bits per heavy atom. The zero-order chi connectivity index (χ0) is 26.2. The molecule has 0 nitrogen and oxygen atoms in total. The minimum Gasteiger partial charge on any atom is -0.202 e. The molecule has 0 unspecified atom stereocenters. The van der Waals surface area contributed by atoms with Gasteiger partial charge in [-0.15, -0.1) is 34.4 Å². The molecule has 0 aliphatic rings.